The van der Waals surface area contributed by atoms with E-state index in [1.54, 1.807) is 32.4 Å². The number of amides is 1. The highest BCUT2D eigenvalue weighted by Crippen LogP contribution is 2.28. The van der Waals surface area contributed by atoms with Gasteiger partial charge in [-0.1, -0.05) is 25.3 Å². The standard InChI is InChI=1S/C23H30N2O5S/c1-17-9-14-21(22(15-17)29-3)30-16-23(26)24-18-10-12-20(13-11-18)31(27,28)25(2)19-7-5-4-6-8-19/h9-15,19H,4-8,16H2,1-3H3,(H,24,26). The van der Waals surface area contributed by atoms with E-state index in [2.05, 4.69) is 5.32 Å². The molecule has 1 N–H and O–H groups in total. The van der Waals surface area contributed by atoms with Crippen LogP contribution in [0.2, 0.25) is 0 Å². The third-order valence-electron chi connectivity index (χ3n) is 5.58. The Kier molecular flexibility index (Phi) is 7.56. The minimum absolute atomic E-state index is 0.0500. The summed E-state index contributed by atoms with van der Waals surface area (Å²) in [6.07, 6.45) is 5.09. The van der Waals surface area contributed by atoms with Crippen molar-refractivity contribution in [1.82, 2.24) is 4.31 Å². The molecule has 0 unspecified atom stereocenters. The van der Waals surface area contributed by atoms with Crippen molar-refractivity contribution in [1.29, 1.82) is 0 Å². The number of ether oxygens (including phenoxy) is 2. The van der Waals surface area contributed by atoms with Gasteiger partial charge in [0.1, 0.15) is 0 Å². The van der Waals surface area contributed by atoms with Gasteiger partial charge in [-0.2, -0.15) is 4.31 Å². The first-order valence-corrected chi connectivity index (χ1v) is 11.9. The Bertz CT molecular complexity index is 999. The fourth-order valence-corrected chi connectivity index (χ4v) is 5.17. The zero-order valence-corrected chi connectivity index (χ0v) is 19.1. The Morgan fingerprint density at radius 2 is 1.74 bits per heavy atom. The summed E-state index contributed by atoms with van der Waals surface area (Å²) in [6, 6.07) is 11.7. The smallest absolute Gasteiger partial charge is 0.262 e. The minimum atomic E-state index is -3.56. The van der Waals surface area contributed by atoms with Gasteiger partial charge in [0.2, 0.25) is 10.0 Å². The van der Waals surface area contributed by atoms with Crippen LogP contribution in [0, 0.1) is 6.92 Å². The van der Waals surface area contributed by atoms with E-state index >= 15 is 0 Å². The molecule has 2 aromatic carbocycles. The summed E-state index contributed by atoms with van der Waals surface area (Å²) in [7, 11) is -0.364. The Balaban J connectivity index is 1.59. The van der Waals surface area contributed by atoms with Gasteiger partial charge in [-0.25, -0.2) is 8.42 Å². The second kappa shape index (κ2) is 10.2. The summed E-state index contributed by atoms with van der Waals surface area (Å²) in [6.45, 7) is 1.75. The van der Waals surface area contributed by atoms with Crippen molar-refractivity contribution >= 4 is 21.6 Å². The number of sulfonamides is 1. The molecule has 0 radical (unpaired) electrons. The number of aryl methyl sites for hydroxylation is 1. The molecular formula is C23H30N2O5S. The highest BCUT2D eigenvalue weighted by Gasteiger charge is 2.28. The molecule has 0 heterocycles. The van der Waals surface area contributed by atoms with Gasteiger partial charge in [0.05, 0.1) is 12.0 Å². The number of hydrogen-bond acceptors (Lipinski definition) is 5. The highest BCUT2D eigenvalue weighted by atomic mass is 32.2. The number of carbonyl (C=O) groups excluding carboxylic acids is 1. The van der Waals surface area contributed by atoms with Crippen molar-refractivity contribution in [2.75, 3.05) is 26.1 Å². The molecule has 3 rings (SSSR count). The van der Waals surface area contributed by atoms with E-state index in [1.165, 1.54) is 22.9 Å². The molecule has 0 aliphatic heterocycles. The van der Waals surface area contributed by atoms with Crippen molar-refractivity contribution in [2.24, 2.45) is 0 Å². The minimum Gasteiger partial charge on any atom is -0.493 e. The van der Waals surface area contributed by atoms with Crippen molar-refractivity contribution < 1.29 is 22.7 Å². The van der Waals surface area contributed by atoms with Crippen LogP contribution < -0.4 is 14.8 Å². The number of nitrogens with one attached hydrogen (secondary N) is 1. The maximum absolute atomic E-state index is 12.9. The average Bonchev–Trinajstić information content (AvgIpc) is 2.78. The van der Waals surface area contributed by atoms with Crippen LogP contribution in [-0.4, -0.2) is 45.4 Å². The summed E-state index contributed by atoms with van der Waals surface area (Å²) in [4.78, 5) is 12.5. The zero-order valence-electron chi connectivity index (χ0n) is 18.3. The van der Waals surface area contributed by atoms with E-state index < -0.39 is 10.0 Å². The first kappa shape index (κ1) is 23.1. The molecule has 0 bridgehead atoms. The molecule has 0 atom stereocenters. The van der Waals surface area contributed by atoms with Gasteiger partial charge < -0.3 is 14.8 Å². The second-order valence-electron chi connectivity index (χ2n) is 7.83. The van der Waals surface area contributed by atoms with Gasteiger partial charge in [0.25, 0.3) is 5.91 Å². The van der Waals surface area contributed by atoms with Gasteiger partial charge >= 0.3 is 0 Å². The summed E-state index contributed by atoms with van der Waals surface area (Å²) >= 11 is 0. The summed E-state index contributed by atoms with van der Waals surface area (Å²) in [5.74, 6) is 0.692. The van der Waals surface area contributed by atoms with Crippen molar-refractivity contribution in [3.8, 4) is 11.5 Å². The Hall–Kier alpha value is -2.58. The first-order valence-electron chi connectivity index (χ1n) is 10.5. The van der Waals surface area contributed by atoms with Gasteiger partial charge in [-0.15, -0.1) is 0 Å². The topological polar surface area (TPSA) is 84.9 Å². The van der Waals surface area contributed by atoms with Crippen LogP contribution in [0.15, 0.2) is 47.4 Å². The molecule has 1 fully saturated rings. The van der Waals surface area contributed by atoms with Crippen LogP contribution >= 0.6 is 0 Å². The molecule has 0 aromatic heterocycles. The average molecular weight is 447 g/mol. The van der Waals surface area contributed by atoms with Gasteiger partial charge in [-0.3, -0.25) is 4.79 Å². The molecule has 1 aliphatic carbocycles. The molecular weight excluding hydrogens is 416 g/mol. The number of methoxy groups -OCH3 is 1. The van der Waals surface area contributed by atoms with Gasteiger partial charge in [0.15, 0.2) is 18.1 Å². The molecule has 2 aromatic rings. The maximum atomic E-state index is 12.9. The SMILES string of the molecule is COc1cc(C)ccc1OCC(=O)Nc1ccc(S(=O)(=O)N(C)C2CCCCC2)cc1. The maximum Gasteiger partial charge on any atom is 0.262 e. The number of benzene rings is 2. The predicted octanol–water partition coefficient (Wildman–Crippen LogP) is 3.97. The lowest BCUT2D eigenvalue weighted by Crippen LogP contribution is -2.38. The van der Waals surface area contributed by atoms with Crippen LogP contribution in [0.25, 0.3) is 0 Å². The Morgan fingerprint density at radius 3 is 2.39 bits per heavy atom. The number of hydrogen-bond donors (Lipinski definition) is 1. The molecule has 1 saturated carbocycles. The molecule has 0 spiro atoms. The predicted molar refractivity (Wildman–Crippen MR) is 120 cm³/mol. The zero-order chi connectivity index (χ0) is 22.4. The van der Waals surface area contributed by atoms with Crippen LogP contribution in [0.4, 0.5) is 5.69 Å². The van der Waals surface area contributed by atoms with Crippen molar-refractivity contribution in [3.63, 3.8) is 0 Å². The lowest BCUT2D eigenvalue weighted by Gasteiger charge is -2.30. The lowest BCUT2D eigenvalue weighted by atomic mass is 9.96. The second-order valence-corrected chi connectivity index (χ2v) is 9.83. The van der Waals surface area contributed by atoms with E-state index in [1.807, 2.05) is 19.1 Å². The van der Waals surface area contributed by atoms with Gasteiger partial charge in [-0.05, 0) is 61.7 Å². The molecule has 8 heteroatoms. The molecule has 0 saturated heterocycles. The highest BCUT2D eigenvalue weighted by molar-refractivity contribution is 7.89. The fourth-order valence-electron chi connectivity index (χ4n) is 3.75. The molecule has 1 amide bonds. The van der Waals surface area contributed by atoms with E-state index in [-0.39, 0.29) is 23.5 Å². The van der Waals surface area contributed by atoms with E-state index in [0.29, 0.717) is 17.2 Å². The third kappa shape index (κ3) is 5.77. The number of anilines is 1. The molecule has 7 nitrogen and oxygen atoms in total. The van der Waals surface area contributed by atoms with Crippen LogP contribution in [0.5, 0.6) is 11.5 Å². The normalized spacial score (nSPS) is 15.0. The van der Waals surface area contributed by atoms with Crippen LogP contribution in [0.3, 0.4) is 0 Å². The molecule has 31 heavy (non-hydrogen) atoms. The summed E-state index contributed by atoms with van der Waals surface area (Å²) in [5.41, 5.74) is 1.53. The summed E-state index contributed by atoms with van der Waals surface area (Å²) < 4.78 is 38.1. The number of carbonyl (C=O) groups is 1. The quantitative estimate of drug-likeness (QED) is 0.663. The van der Waals surface area contributed by atoms with Gasteiger partial charge in [0, 0.05) is 18.8 Å². The largest absolute Gasteiger partial charge is 0.493 e. The van der Waals surface area contributed by atoms with E-state index in [9.17, 15) is 13.2 Å². The molecule has 1 aliphatic rings. The van der Waals surface area contributed by atoms with Crippen molar-refractivity contribution in [3.05, 3.63) is 48.0 Å². The van der Waals surface area contributed by atoms with E-state index in [4.69, 9.17) is 9.47 Å². The van der Waals surface area contributed by atoms with Crippen molar-refractivity contribution in [2.45, 2.75) is 50.0 Å². The van der Waals surface area contributed by atoms with Crippen LogP contribution in [0.1, 0.15) is 37.7 Å². The Morgan fingerprint density at radius 1 is 1.06 bits per heavy atom. The molecule has 168 valence electrons. The van der Waals surface area contributed by atoms with E-state index in [0.717, 1.165) is 31.2 Å². The van der Waals surface area contributed by atoms with Crippen LogP contribution in [-0.2, 0) is 14.8 Å². The monoisotopic (exact) mass is 446 g/mol. The number of rotatable bonds is 8. The number of nitrogens with zero attached hydrogens (tertiary/aromatic N) is 1. The fraction of sp³-hybridized carbons (Fsp3) is 0.435. The first-order chi connectivity index (χ1) is 14.8. The lowest BCUT2D eigenvalue weighted by molar-refractivity contribution is -0.118. The summed E-state index contributed by atoms with van der Waals surface area (Å²) in [5, 5.41) is 2.72. The Labute approximate surface area is 184 Å². The third-order valence-corrected chi connectivity index (χ3v) is 7.51.